The number of fused-ring (bicyclic) bond motifs is 1. The average molecular weight is 531 g/mol. The van der Waals surface area contributed by atoms with Crippen LogP contribution in [0.3, 0.4) is 0 Å². The summed E-state index contributed by atoms with van der Waals surface area (Å²) in [6, 6.07) is 27.6. The van der Waals surface area contributed by atoms with E-state index < -0.39 is 0 Å². The molecule has 1 aliphatic carbocycles. The molecular formula is C33H34N6O. The van der Waals surface area contributed by atoms with E-state index in [1.807, 2.05) is 0 Å². The Hall–Kier alpha value is -4.39. The van der Waals surface area contributed by atoms with Crippen LogP contribution in [0, 0.1) is 11.8 Å². The Balaban J connectivity index is 1.14. The smallest absolute Gasteiger partial charge is 0.220 e. The number of ether oxygens (including phenoxy) is 1. The Bertz CT molecular complexity index is 1590. The first-order chi connectivity index (χ1) is 19.7. The lowest BCUT2D eigenvalue weighted by molar-refractivity contribution is 0.346. The van der Waals surface area contributed by atoms with Crippen molar-refractivity contribution in [1.82, 2.24) is 15.3 Å². The number of amidine groups is 1. The van der Waals surface area contributed by atoms with Gasteiger partial charge in [0.2, 0.25) is 5.96 Å². The summed E-state index contributed by atoms with van der Waals surface area (Å²) in [7, 11) is 1.71. The minimum atomic E-state index is 0.124. The van der Waals surface area contributed by atoms with E-state index >= 15 is 0 Å². The van der Waals surface area contributed by atoms with Gasteiger partial charge in [0.1, 0.15) is 11.6 Å². The first-order valence-corrected chi connectivity index (χ1v) is 14.2. The molecule has 3 aromatic carbocycles. The molecule has 1 saturated carbocycles. The van der Waals surface area contributed by atoms with Crippen molar-refractivity contribution in [2.75, 3.05) is 13.7 Å². The zero-order chi connectivity index (χ0) is 26.9. The molecular weight excluding hydrogens is 496 g/mol. The van der Waals surface area contributed by atoms with Crippen LogP contribution in [0.5, 0.6) is 5.75 Å². The van der Waals surface area contributed by atoms with Crippen molar-refractivity contribution >= 4 is 28.4 Å². The first-order valence-electron chi connectivity index (χ1n) is 14.2. The van der Waals surface area contributed by atoms with Crippen molar-refractivity contribution in [2.45, 2.75) is 38.3 Å². The summed E-state index contributed by atoms with van der Waals surface area (Å²) >= 11 is 0. The zero-order valence-corrected chi connectivity index (χ0v) is 22.8. The molecule has 40 heavy (non-hydrogen) atoms. The molecule has 7 nitrogen and oxygen atoms in total. The summed E-state index contributed by atoms with van der Waals surface area (Å²) in [5.74, 6) is 3.23. The van der Waals surface area contributed by atoms with E-state index in [2.05, 4.69) is 100 Å². The second-order valence-corrected chi connectivity index (χ2v) is 10.9. The van der Waals surface area contributed by atoms with Gasteiger partial charge in [0, 0.05) is 23.6 Å². The number of rotatable bonds is 8. The van der Waals surface area contributed by atoms with Gasteiger partial charge in [-0.2, -0.15) is 10.1 Å². The SMILES string of the molecule is COc1ccc(CC2CCC3=NN(Cc4ccccc4)C4=NC(NCCc5c[nH]c6ccccc56)=NC2C34)cc1. The van der Waals surface area contributed by atoms with Gasteiger partial charge < -0.3 is 15.0 Å². The minimum absolute atomic E-state index is 0.124. The molecule has 202 valence electrons. The molecule has 1 aromatic heterocycles. The molecule has 0 radical (unpaired) electrons. The van der Waals surface area contributed by atoms with Gasteiger partial charge in [-0.25, -0.2) is 10.0 Å². The number of hydrogen-bond acceptors (Lipinski definition) is 6. The number of aromatic nitrogens is 1. The number of nitrogens with zero attached hydrogens (tertiary/aromatic N) is 4. The second-order valence-electron chi connectivity index (χ2n) is 10.9. The topological polar surface area (TPSA) is 77.4 Å². The number of methoxy groups -OCH3 is 1. The van der Waals surface area contributed by atoms with Crippen molar-refractivity contribution in [3.63, 3.8) is 0 Å². The fourth-order valence-electron chi connectivity index (χ4n) is 6.39. The number of aromatic amines is 1. The molecule has 0 spiro atoms. The van der Waals surface area contributed by atoms with Gasteiger partial charge in [0.15, 0.2) is 0 Å². The normalized spacial score (nSPS) is 21.5. The van der Waals surface area contributed by atoms with Gasteiger partial charge in [-0.3, -0.25) is 0 Å². The molecule has 3 heterocycles. The minimum Gasteiger partial charge on any atom is -0.497 e. The highest BCUT2D eigenvalue weighted by Gasteiger charge is 2.47. The lowest BCUT2D eigenvalue weighted by Crippen LogP contribution is -2.47. The third-order valence-corrected chi connectivity index (χ3v) is 8.42. The van der Waals surface area contributed by atoms with Crippen LogP contribution in [-0.4, -0.2) is 47.2 Å². The number of H-pyrrole nitrogens is 1. The average Bonchev–Trinajstić information content (AvgIpc) is 3.57. The Morgan fingerprint density at radius 2 is 1.80 bits per heavy atom. The predicted molar refractivity (Wildman–Crippen MR) is 161 cm³/mol. The van der Waals surface area contributed by atoms with Crippen molar-refractivity contribution in [1.29, 1.82) is 0 Å². The second kappa shape index (κ2) is 10.6. The summed E-state index contributed by atoms with van der Waals surface area (Å²) < 4.78 is 5.37. The highest BCUT2D eigenvalue weighted by atomic mass is 16.5. The van der Waals surface area contributed by atoms with Gasteiger partial charge in [-0.05, 0) is 66.5 Å². The van der Waals surface area contributed by atoms with Crippen LogP contribution >= 0.6 is 0 Å². The summed E-state index contributed by atoms with van der Waals surface area (Å²) in [6.07, 6.45) is 6.06. The van der Waals surface area contributed by atoms with Crippen molar-refractivity contribution in [3.8, 4) is 5.75 Å². The number of para-hydroxylation sites is 1. The van der Waals surface area contributed by atoms with E-state index in [0.717, 1.165) is 56.3 Å². The molecule has 2 aliphatic heterocycles. The lowest BCUT2D eigenvalue weighted by Gasteiger charge is -2.37. The van der Waals surface area contributed by atoms with Crippen LogP contribution in [0.15, 0.2) is 100 Å². The number of aliphatic imine (C=N–C) groups is 2. The van der Waals surface area contributed by atoms with Crippen LogP contribution in [0.4, 0.5) is 0 Å². The van der Waals surface area contributed by atoms with E-state index in [1.165, 1.54) is 33.3 Å². The van der Waals surface area contributed by atoms with E-state index in [4.69, 9.17) is 19.8 Å². The Morgan fingerprint density at radius 1 is 0.975 bits per heavy atom. The van der Waals surface area contributed by atoms with Gasteiger partial charge >= 0.3 is 0 Å². The Labute approximate surface area is 234 Å². The molecule has 0 saturated heterocycles. The maximum absolute atomic E-state index is 5.37. The van der Waals surface area contributed by atoms with Gasteiger partial charge in [-0.1, -0.05) is 60.7 Å². The molecule has 2 N–H and O–H groups in total. The van der Waals surface area contributed by atoms with Crippen LogP contribution < -0.4 is 10.1 Å². The third-order valence-electron chi connectivity index (χ3n) is 8.42. The quantitative estimate of drug-likeness (QED) is 0.312. The van der Waals surface area contributed by atoms with E-state index in [9.17, 15) is 0 Å². The van der Waals surface area contributed by atoms with E-state index in [0.29, 0.717) is 5.92 Å². The molecule has 3 aliphatic rings. The van der Waals surface area contributed by atoms with E-state index in [1.54, 1.807) is 7.11 Å². The molecule has 7 rings (SSSR count). The van der Waals surface area contributed by atoms with Crippen LogP contribution in [-0.2, 0) is 19.4 Å². The van der Waals surface area contributed by atoms with Gasteiger partial charge in [-0.15, -0.1) is 0 Å². The van der Waals surface area contributed by atoms with Crippen LogP contribution in [0.2, 0.25) is 0 Å². The van der Waals surface area contributed by atoms with Gasteiger partial charge in [0.05, 0.1) is 31.3 Å². The number of hydrogen-bond donors (Lipinski definition) is 2. The standard InChI is InChI=1S/C33H34N6O/c1-40-26-14-11-22(12-15-26)19-24-13-16-29-30-31(24)36-33(34-18-17-25-20-35-28-10-6-5-9-27(25)28)37-32(30)39(38-29)21-23-7-3-2-4-8-23/h2-12,14-15,20,24,30-31,35H,13,16-19,21H2,1H3,(H,34,36). The van der Waals surface area contributed by atoms with E-state index in [-0.39, 0.29) is 12.0 Å². The molecule has 0 bridgehead atoms. The molecule has 0 amide bonds. The molecule has 3 atom stereocenters. The fourth-order valence-corrected chi connectivity index (χ4v) is 6.39. The first kappa shape index (κ1) is 24.6. The Kier molecular flexibility index (Phi) is 6.55. The zero-order valence-electron chi connectivity index (χ0n) is 22.8. The maximum Gasteiger partial charge on any atom is 0.220 e. The molecule has 7 heteroatoms. The molecule has 3 unspecified atom stereocenters. The maximum atomic E-state index is 5.37. The molecule has 4 aromatic rings. The van der Waals surface area contributed by atoms with Crippen molar-refractivity contribution in [3.05, 3.63) is 102 Å². The number of nitrogens with one attached hydrogen (secondary N) is 2. The fraction of sp³-hybridized carbons (Fsp3) is 0.303. The van der Waals surface area contributed by atoms with Crippen LogP contribution in [0.1, 0.15) is 29.5 Å². The summed E-state index contributed by atoms with van der Waals surface area (Å²) in [5.41, 5.74) is 6.25. The number of benzene rings is 3. The monoisotopic (exact) mass is 530 g/mol. The summed E-state index contributed by atoms with van der Waals surface area (Å²) in [5, 5.41) is 12.1. The van der Waals surface area contributed by atoms with Crippen molar-refractivity contribution in [2.24, 2.45) is 26.9 Å². The summed E-state index contributed by atoms with van der Waals surface area (Å²) in [6.45, 7) is 1.49. The van der Waals surface area contributed by atoms with Gasteiger partial charge in [0.25, 0.3) is 0 Å². The predicted octanol–water partition coefficient (Wildman–Crippen LogP) is 5.59. The largest absolute Gasteiger partial charge is 0.497 e. The third kappa shape index (κ3) is 4.76. The number of guanidine groups is 1. The van der Waals surface area contributed by atoms with Crippen LogP contribution in [0.25, 0.3) is 10.9 Å². The summed E-state index contributed by atoms with van der Waals surface area (Å²) in [4.78, 5) is 13.7. The molecule has 1 fully saturated rings. The van der Waals surface area contributed by atoms with Crippen molar-refractivity contribution < 1.29 is 4.74 Å². The number of hydrazone groups is 1. The Morgan fingerprint density at radius 3 is 2.65 bits per heavy atom. The highest BCUT2D eigenvalue weighted by molar-refractivity contribution is 6.15. The lowest BCUT2D eigenvalue weighted by atomic mass is 9.73. The highest BCUT2D eigenvalue weighted by Crippen LogP contribution is 2.40.